The van der Waals surface area contributed by atoms with Crippen LogP contribution in [0.3, 0.4) is 0 Å². The number of aryl methyl sites for hydroxylation is 1. The van der Waals surface area contributed by atoms with Crippen molar-refractivity contribution in [1.29, 1.82) is 0 Å². The Bertz CT molecular complexity index is 1030. The number of hydrogen-bond donors (Lipinski definition) is 1. The summed E-state index contributed by atoms with van der Waals surface area (Å²) in [5, 5.41) is 4.87. The largest absolute Gasteiger partial charge is 0.456 e. The van der Waals surface area contributed by atoms with Crippen LogP contribution in [0.2, 0.25) is 4.34 Å². The third-order valence-electron chi connectivity index (χ3n) is 3.87. The number of Topliss-reactive ketones (excluding diaryl/α,β-unsaturated/α-hetero) is 1. The van der Waals surface area contributed by atoms with Crippen LogP contribution in [0.1, 0.15) is 28.1 Å². The molecular formula is C20H17ClN2O4S2. The first-order valence-electron chi connectivity index (χ1n) is 8.67. The zero-order chi connectivity index (χ0) is 20.8. The molecule has 9 heteroatoms. The van der Waals surface area contributed by atoms with Crippen LogP contribution in [0, 0.1) is 6.92 Å². The molecule has 1 aromatic carbocycles. The number of nitrogens with one attached hydrogen (secondary N) is 1. The van der Waals surface area contributed by atoms with E-state index in [9.17, 15) is 14.4 Å². The number of ether oxygens (including phenoxy) is 1. The van der Waals surface area contributed by atoms with Crippen LogP contribution in [0.4, 0.5) is 5.13 Å². The Morgan fingerprint density at radius 1 is 1.10 bits per heavy atom. The molecule has 0 bridgehead atoms. The second kappa shape index (κ2) is 9.78. The molecule has 0 fully saturated rings. The highest BCUT2D eigenvalue weighted by Crippen LogP contribution is 2.25. The van der Waals surface area contributed by atoms with Crippen LogP contribution in [0.5, 0.6) is 0 Å². The lowest BCUT2D eigenvalue weighted by atomic mass is 10.1. The normalized spacial score (nSPS) is 10.6. The fourth-order valence-corrected chi connectivity index (χ4v) is 4.11. The predicted molar refractivity (Wildman–Crippen MR) is 115 cm³/mol. The van der Waals surface area contributed by atoms with Crippen molar-refractivity contribution in [2.45, 2.75) is 19.8 Å². The summed E-state index contributed by atoms with van der Waals surface area (Å²) in [7, 11) is 0. The van der Waals surface area contributed by atoms with Crippen molar-refractivity contribution < 1.29 is 19.1 Å². The topological polar surface area (TPSA) is 85.4 Å². The molecule has 0 spiro atoms. The molecule has 0 aliphatic rings. The Kier molecular flexibility index (Phi) is 7.13. The third kappa shape index (κ3) is 6.22. The molecule has 1 N–H and O–H groups in total. The number of halogens is 1. The van der Waals surface area contributed by atoms with Crippen molar-refractivity contribution in [3.63, 3.8) is 0 Å². The highest BCUT2D eigenvalue weighted by Gasteiger charge is 2.14. The van der Waals surface area contributed by atoms with Gasteiger partial charge in [-0.2, -0.15) is 0 Å². The van der Waals surface area contributed by atoms with Gasteiger partial charge in [-0.05, 0) is 19.1 Å². The minimum atomic E-state index is -0.615. The number of thiazole rings is 1. The summed E-state index contributed by atoms with van der Waals surface area (Å²) in [6.45, 7) is 1.57. The molecule has 6 nitrogen and oxygen atoms in total. The number of nitrogens with zero attached hydrogens (tertiary/aromatic N) is 1. The number of thiophene rings is 1. The maximum Gasteiger partial charge on any atom is 0.306 e. The van der Waals surface area contributed by atoms with Gasteiger partial charge < -0.3 is 4.74 Å². The summed E-state index contributed by atoms with van der Waals surface area (Å²) in [5.41, 5.74) is 2.87. The summed E-state index contributed by atoms with van der Waals surface area (Å²) in [5.74, 6) is -1.29. The van der Waals surface area contributed by atoms with E-state index in [1.807, 2.05) is 36.6 Å². The molecule has 0 saturated heterocycles. The Hall–Kier alpha value is -2.55. The zero-order valence-electron chi connectivity index (χ0n) is 15.4. The summed E-state index contributed by atoms with van der Waals surface area (Å²) < 4.78 is 5.44. The lowest BCUT2D eigenvalue weighted by molar-refractivity contribution is -0.147. The summed E-state index contributed by atoms with van der Waals surface area (Å²) >= 11 is 8.24. The van der Waals surface area contributed by atoms with Crippen molar-refractivity contribution in [3.8, 4) is 11.3 Å². The van der Waals surface area contributed by atoms with Gasteiger partial charge in [0.15, 0.2) is 17.5 Å². The fourth-order valence-electron chi connectivity index (χ4n) is 2.36. The average molecular weight is 449 g/mol. The van der Waals surface area contributed by atoms with Gasteiger partial charge in [-0.25, -0.2) is 4.98 Å². The SMILES string of the molecule is Cc1ccc(-c2csc(NC(=O)COC(=O)CCC(=O)c3ccc(Cl)s3)n2)cc1. The van der Waals surface area contributed by atoms with Crippen LogP contribution in [0.15, 0.2) is 41.8 Å². The van der Waals surface area contributed by atoms with Gasteiger partial charge in [0.05, 0.1) is 21.3 Å². The van der Waals surface area contributed by atoms with Crippen molar-refractivity contribution >= 4 is 57.1 Å². The van der Waals surface area contributed by atoms with Gasteiger partial charge in [-0.1, -0.05) is 41.4 Å². The number of rotatable bonds is 8. The number of anilines is 1. The summed E-state index contributed by atoms with van der Waals surface area (Å²) in [6.07, 6.45) is -0.0971. The maximum absolute atomic E-state index is 12.0. The lowest BCUT2D eigenvalue weighted by Gasteiger charge is -2.04. The minimum Gasteiger partial charge on any atom is -0.456 e. The number of amides is 1. The lowest BCUT2D eigenvalue weighted by Crippen LogP contribution is -2.21. The van der Waals surface area contributed by atoms with E-state index in [-0.39, 0.29) is 18.6 Å². The van der Waals surface area contributed by atoms with Crippen LogP contribution in [0.25, 0.3) is 11.3 Å². The molecule has 3 rings (SSSR count). The minimum absolute atomic E-state index is 0.00366. The first-order chi connectivity index (χ1) is 13.9. The van der Waals surface area contributed by atoms with E-state index >= 15 is 0 Å². The number of carbonyl (C=O) groups is 3. The molecule has 0 aliphatic heterocycles. The van der Waals surface area contributed by atoms with E-state index in [1.165, 1.54) is 11.3 Å². The molecule has 1 amide bonds. The van der Waals surface area contributed by atoms with Crippen LogP contribution >= 0.6 is 34.3 Å². The Balaban J connectivity index is 1.42. The molecule has 29 heavy (non-hydrogen) atoms. The standard InChI is InChI=1S/C20H17ClN2O4S2/c1-12-2-4-13(5-3-12)14-11-28-20(22-14)23-18(25)10-27-19(26)9-6-15(24)16-7-8-17(21)29-16/h2-5,7-8,11H,6,9-10H2,1H3,(H,22,23,25). The molecule has 0 atom stereocenters. The van der Waals surface area contributed by atoms with Gasteiger partial charge in [0.2, 0.25) is 0 Å². The predicted octanol–water partition coefficient (Wildman–Crippen LogP) is 4.98. The Morgan fingerprint density at radius 2 is 1.86 bits per heavy atom. The van der Waals surface area contributed by atoms with Crippen molar-refractivity contribution in [3.05, 3.63) is 56.6 Å². The van der Waals surface area contributed by atoms with Crippen LogP contribution < -0.4 is 5.32 Å². The molecule has 2 aromatic heterocycles. The molecule has 2 heterocycles. The van der Waals surface area contributed by atoms with Gasteiger partial charge in [-0.15, -0.1) is 22.7 Å². The van der Waals surface area contributed by atoms with Crippen molar-refractivity contribution in [1.82, 2.24) is 4.98 Å². The highest BCUT2D eigenvalue weighted by atomic mass is 35.5. The molecule has 0 aliphatic carbocycles. The molecule has 0 radical (unpaired) electrons. The van der Waals surface area contributed by atoms with E-state index in [1.54, 1.807) is 12.1 Å². The average Bonchev–Trinajstić information content (AvgIpc) is 3.34. The van der Waals surface area contributed by atoms with Gasteiger partial charge in [0.1, 0.15) is 0 Å². The number of benzene rings is 1. The van der Waals surface area contributed by atoms with Crippen molar-refractivity contribution in [2.24, 2.45) is 0 Å². The quantitative estimate of drug-likeness (QED) is 0.388. The van der Waals surface area contributed by atoms with E-state index in [2.05, 4.69) is 10.3 Å². The smallest absolute Gasteiger partial charge is 0.306 e. The fraction of sp³-hybridized carbons (Fsp3) is 0.200. The van der Waals surface area contributed by atoms with E-state index in [0.717, 1.165) is 28.2 Å². The zero-order valence-corrected chi connectivity index (χ0v) is 17.8. The highest BCUT2D eigenvalue weighted by molar-refractivity contribution is 7.18. The maximum atomic E-state index is 12.0. The molecule has 0 saturated carbocycles. The molecular weight excluding hydrogens is 432 g/mol. The number of aromatic nitrogens is 1. The van der Waals surface area contributed by atoms with Crippen LogP contribution in [-0.2, 0) is 14.3 Å². The van der Waals surface area contributed by atoms with E-state index < -0.39 is 18.5 Å². The number of ketones is 1. The van der Waals surface area contributed by atoms with Gasteiger partial charge in [-0.3, -0.25) is 19.7 Å². The summed E-state index contributed by atoms with van der Waals surface area (Å²) in [4.78, 5) is 40.5. The Morgan fingerprint density at radius 3 is 2.55 bits per heavy atom. The van der Waals surface area contributed by atoms with Crippen LogP contribution in [-0.4, -0.2) is 29.3 Å². The molecule has 0 unspecified atom stereocenters. The molecule has 150 valence electrons. The summed E-state index contributed by atoms with van der Waals surface area (Å²) in [6, 6.07) is 11.2. The second-order valence-electron chi connectivity index (χ2n) is 6.14. The van der Waals surface area contributed by atoms with Gasteiger partial charge in [0.25, 0.3) is 5.91 Å². The molecule has 3 aromatic rings. The van der Waals surface area contributed by atoms with E-state index in [0.29, 0.717) is 14.3 Å². The van der Waals surface area contributed by atoms with Crippen molar-refractivity contribution in [2.75, 3.05) is 11.9 Å². The number of carbonyl (C=O) groups excluding carboxylic acids is 3. The second-order valence-corrected chi connectivity index (χ2v) is 8.71. The first kappa shape index (κ1) is 21.2. The third-order valence-corrected chi connectivity index (χ3v) is 5.90. The van der Waals surface area contributed by atoms with Gasteiger partial charge >= 0.3 is 5.97 Å². The Labute approximate surface area is 180 Å². The first-order valence-corrected chi connectivity index (χ1v) is 10.7. The van der Waals surface area contributed by atoms with Gasteiger partial charge in [0, 0.05) is 17.4 Å². The van der Waals surface area contributed by atoms with E-state index in [4.69, 9.17) is 16.3 Å². The number of hydrogen-bond acceptors (Lipinski definition) is 7. The monoisotopic (exact) mass is 448 g/mol. The number of esters is 1.